The molecule has 0 radical (unpaired) electrons. The summed E-state index contributed by atoms with van der Waals surface area (Å²) in [4.78, 5) is 13.3. The first-order valence-corrected chi connectivity index (χ1v) is 5.63. The molecule has 18 heavy (non-hydrogen) atoms. The van der Waals surface area contributed by atoms with Crippen molar-refractivity contribution in [3.8, 4) is 0 Å². The van der Waals surface area contributed by atoms with E-state index in [1.807, 2.05) is 10.2 Å². The summed E-state index contributed by atoms with van der Waals surface area (Å²) in [5, 5.41) is 1.89. The number of amides is 1. The van der Waals surface area contributed by atoms with Gasteiger partial charge in [-0.05, 0) is 26.3 Å². The van der Waals surface area contributed by atoms with Crippen LogP contribution in [0.2, 0.25) is 0 Å². The quantitative estimate of drug-likeness (QED) is 0.811. The summed E-state index contributed by atoms with van der Waals surface area (Å²) in [6, 6.07) is -0.565. The number of likely N-dealkylation sites (tertiary alicyclic amines) is 1. The van der Waals surface area contributed by atoms with Gasteiger partial charge in [0.25, 0.3) is 0 Å². The molecular formula is C10H19ClF3N3O. The fourth-order valence-corrected chi connectivity index (χ4v) is 1.89. The van der Waals surface area contributed by atoms with Gasteiger partial charge >= 0.3 is 6.18 Å². The van der Waals surface area contributed by atoms with Crippen LogP contribution in [0.3, 0.4) is 0 Å². The molecule has 1 unspecified atom stereocenters. The minimum Gasteiger partial charge on any atom is -0.346 e. The molecule has 1 heterocycles. The summed E-state index contributed by atoms with van der Waals surface area (Å²) in [7, 11) is 0. The third-order valence-corrected chi connectivity index (χ3v) is 2.88. The molecule has 0 bridgehead atoms. The number of piperidine rings is 1. The Hall–Kier alpha value is -0.530. The molecule has 1 aliphatic heterocycles. The van der Waals surface area contributed by atoms with Crippen molar-refractivity contribution in [3.63, 3.8) is 0 Å². The van der Waals surface area contributed by atoms with Gasteiger partial charge in [0.15, 0.2) is 0 Å². The predicted octanol–water partition coefficient (Wildman–Crippen LogP) is 0.898. The van der Waals surface area contributed by atoms with Crippen LogP contribution in [-0.2, 0) is 4.79 Å². The van der Waals surface area contributed by atoms with Gasteiger partial charge in [0.05, 0.1) is 6.04 Å². The predicted molar refractivity (Wildman–Crippen MR) is 64.6 cm³/mol. The third-order valence-electron chi connectivity index (χ3n) is 2.88. The summed E-state index contributed by atoms with van der Waals surface area (Å²) in [6.07, 6.45) is -2.60. The molecule has 0 saturated carbocycles. The minimum atomic E-state index is -4.37. The SMILES string of the molecule is CC(C(=O)NCC(F)(F)F)N1CCC[C@@H](N)C1.Cl. The van der Waals surface area contributed by atoms with E-state index in [2.05, 4.69) is 0 Å². The number of alkyl halides is 3. The van der Waals surface area contributed by atoms with E-state index < -0.39 is 24.7 Å². The van der Waals surface area contributed by atoms with Gasteiger partial charge in [-0.3, -0.25) is 9.69 Å². The highest BCUT2D eigenvalue weighted by Crippen LogP contribution is 2.14. The third kappa shape index (κ3) is 5.88. The average Bonchev–Trinajstić information content (AvgIpc) is 2.24. The standard InChI is InChI=1S/C10H18F3N3O.ClH/c1-7(9(17)15-6-10(11,12)13)16-4-2-3-8(14)5-16;/h7-8H,2-6,14H2,1H3,(H,15,17);1H/t7?,8-;/m1./s1. The number of nitrogens with zero attached hydrogens (tertiary/aromatic N) is 1. The van der Waals surface area contributed by atoms with Gasteiger partial charge in [0.1, 0.15) is 6.54 Å². The Morgan fingerprint density at radius 1 is 1.56 bits per heavy atom. The van der Waals surface area contributed by atoms with Crippen LogP contribution in [0.1, 0.15) is 19.8 Å². The van der Waals surface area contributed by atoms with Crippen molar-refractivity contribution >= 4 is 18.3 Å². The molecule has 0 aromatic heterocycles. The zero-order chi connectivity index (χ0) is 13.1. The number of halogens is 4. The molecule has 2 atom stereocenters. The van der Waals surface area contributed by atoms with Gasteiger partial charge in [0.2, 0.25) is 5.91 Å². The maximum absolute atomic E-state index is 11.9. The largest absolute Gasteiger partial charge is 0.405 e. The van der Waals surface area contributed by atoms with E-state index in [4.69, 9.17) is 5.73 Å². The van der Waals surface area contributed by atoms with Gasteiger partial charge in [-0.2, -0.15) is 13.2 Å². The summed E-state index contributed by atoms with van der Waals surface area (Å²) in [5.41, 5.74) is 5.75. The van der Waals surface area contributed by atoms with Crippen LogP contribution in [0, 0.1) is 0 Å². The van der Waals surface area contributed by atoms with Crippen molar-refractivity contribution in [1.29, 1.82) is 0 Å². The molecule has 8 heteroatoms. The van der Waals surface area contributed by atoms with Crippen molar-refractivity contribution in [3.05, 3.63) is 0 Å². The molecule has 1 saturated heterocycles. The maximum Gasteiger partial charge on any atom is 0.405 e. The van der Waals surface area contributed by atoms with Crippen LogP contribution in [0.5, 0.6) is 0 Å². The van der Waals surface area contributed by atoms with E-state index in [1.54, 1.807) is 6.92 Å². The van der Waals surface area contributed by atoms with Gasteiger partial charge in [-0.25, -0.2) is 0 Å². The maximum atomic E-state index is 11.9. The molecule has 0 aromatic rings. The van der Waals surface area contributed by atoms with Crippen molar-refractivity contribution in [1.82, 2.24) is 10.2 Å². The fourth-order valence-electron chi connectivity index (χ4n) is 1.89. The second-order valence-corrected chi connectivity index (χ2v) is 4.41. The first-order valence-electron chi connectivity index (χ1n) is 5.63. The van der Waals surface area contributed by atoms with Crippen molar-refractivity contribution in [2.75, 3.05) is 19.6 Å². The van der Waals surface area contributed by atoms with Crippen molar-refractivity contribution in [2.24, 2.45) is 5.73 Å². The number of hydrogen-bond acceptors (Lipinski definition) is 3. The molecule has 0 spiro atoms. The first-order chi connectivity index (χ1) is 7.79. The molecule has 1 fully saturated rings. The van der Waals surface area contributed by atoms with Crippen LogP contribution in [0.25, 0.3) is 0 Å². The van der Waals surface area contributed by atoms with Gasteiger partial charge < -0.3 is 11.1 Å². The van der Waals surface area contributed by atoms with E-state index in [1.165, 1.54) is 0 Å². The highest BCUT2D eigenvalue weighted by Gasteiger charge is 2.31. The monoisotopic (exact) mass is 289 g/mol. The summed E-state index contributed by atoms with van der Waals surface area (Å²) < 4.78 is 35.8. The number of rotatable bonds is 3. The van der Waals surface area contributed by atoms with Crippen molar-refractivity contribution in [2.45, 2.75) is 38.0 Å². The lowest BCUT2D eigenvalue weighted by Crippen LogP contribution is -2.53. The lowest BCUT2D eigenvalue weighted by atomic mass is 10.0. The zero-order valence-corrected chi connectivity index (χ0v) is 11.0. The molecule has 0 aromatic carbocycles. The van der Waals surface area contributed by atoms with E-state index in [9.17, 15) is 18.0 Å². The topological polar surface area (TPSA) is 58.4 Å². The lowest BCUT2D eigenvalue weighted by molar-refractivity contribution is -0.141. The molecule has 1 rings (SSSR count). The summed E-state index contributed by atoms with van der Waals surface area (Å²) in [6.45, 7) is 1.58. The second-order valence-electron chi connectivity index (χ2n) is 4.41. The Balaban J connectivity index is 0.00000289. The Morgan fingerprint density at radius 2 is 2.17 bits per heavy atom. The van der Waals surface area contributed by atoms with Crippen LogP contribution >= 0.6 is 12.4 Å². The van der Waals surface area contributed by atoms with Crippen molar-refractivity contribution < 1.29 is 18.0 Å². The van der Waals surface area contributed by atoms with Gasteiger partial charge in [-0.15, -0.1) is 12.4 Å². The minimum absolute atomic E-state index is 0. The molecule has 3 N–H and O–H groups in total. The molecule has 4 nitrogen and oxygen atoms in total. The summed E-state index contributed by atoms with van der Waals surface area (Å²) >= 11 is 0. The highest BCUT2D eigenvalue weighted by atomic mass is 35.5. The lowest BCUT2D eigenvalue weighted by Gasteiger charge is -2.34. The number of hydrogen-bond donors (Lipinski definition) is 2. The Kier molecular flexibility index (Phi) is 6.94. The Morgan fingerprint density at radius 3 is 2.67 bits per heavy atom. The molecule has 1 aliphatic rings. The van der Waals surface area contributed by atoms with Gasteiger partial charge in [0, 0.05) is 12.6 Å². The van der Waals surface area contributed by atoms with E-state index in [0.717, 1.165) is 12.8 Å². The molecule has 1 amide bonds. The molecular weight excluding hydrogens is 271 g/mol. The van der Waals surface area contributed by atoms with Crippen LogP contribution in [0.4, 0.5) is 13.2 Å². The van der Waals surface area contributed by atoms with E-state index >= 15 is 0 Å². The van der Waals surface area contributed by atoms with Crippen LogP contribution < -0.4 is 11.1 Å². The summed E-state index contributed by atoms with van der Waals surface area (Å²) in [5.74, 6) is -0.601. The molecule has 108 valence electrons. The number of nitrogens with one attached hydrogen (secondary N) is 1. The van der Waals surface area contributed by atoms with E-state index in [0.29, 0.717) is 13.1 Å². The zero-order valence-electron chi connectivity index (χ0n) is 10.2. The van der Waals surface area contributed by atoms with Crippen LogP contribution in [0.15, 0.2) is 0 Å². The van der Waals surface area contributed by atoms with E-state index in [-0.39, 0.29) is 18.4 Å². The van der Waals surface area contributed by atoms with Gasteiger partial charge in [-0.1, -0.05) is 0 Å². The average molecular weight is 290 g/mol. The second kappa shape index (κ2) is 7.16. The normalized spacial score (nSPS) is 23.1. The Bertz CT molecular complexity index is 276. The first kappa shape index (κ1) is 17.5. The molecule has 0 aliphatic carbocycles. The number of nitrogens with two attached hydrogens (primary N) is 1. The number of carbonyl (C=O) groups excluding carboxylic acids is 1. The van der Waals surface area contributed by atoms with Crippen LogP contribution in [-0.4, -0.2) is 48.7 Å². The Labute approximate surface area is 110 Å². The fraction of sp³-hybridized carbons (Fsp3) is 0.900. The number of carbonyl (C=O) groups is 1. The highest BCUT2D eigenvalue weighted by molar-refractivity contribution is 5.85. The smallest absolute Gasteiger partial charge is 0.346 e.